The van der Waals surface area contributed by atoms with Gasteiger partial charge in [0.1, 0.15) is 0 Å². The van der Waals surface area contributed by atoms with Gasteiger partial charge in [0, 0.05) is 12.0 Å². The minimum atomic E-state index is -0.129. The summed E-state index contributed by atoms with van der Waals surface area (Å²) in [6.45, 7) is 1.88. The highest BCUT2D eigenvalue weighted by atomic mass is 32.2. The molecule has 0 aliphatic carbocycles. The van der Waals surface area contributed by atoms with Crippen molar-refractivity contribution in [3.63, 3.8) is 0 Å². The summed E-state index contributed by atoms with van der Waals surface area (Å²) < 4.78 is 10.3. The second kappa shape index (κ2) is 6.02. The zero-order valence-electron chi connectivity index (χ0n) is 7.90. The topological polar surface area (TPSA) is 18.5 Å². The number of ether oxygens (including phenoxy) is 2. The minimum Gasteiger partial charge on any atom is -0.356 e. The van der Waals surface area contributed by atoms with Crippen LogP contribution in [0.15, 0.2) is 35.2 Å². The Morgan fingerprint density at radius 1 is 1.31 bits per heavy atom. The molecule has 0 fully saturated rings. The molecular formula is C10H14O2S. The lowest BCUT2D eigenvalue weighted by atomic mass is 10.4. The predicted octanol–water partition coefficient (Wildman–Crippen LogP) is 2.75. The molecule has 0 radical (unpaired) electrons. The van der Waals surface area contributed by atoms with E-state index in [2.05, 4.69) is 12.1 Å². The Morgan fingerprint density at radius 3 is 2.62 bits per heavy atom. The molecule has 0 aliphatic heterocycles. The van der Waals surface area contributed by atoms with Crippen molar-refractivity contribution in [3.05, 3.63) is 30.3 Å². The van der Waals surface area contributed by atoms with Crippen molar-refractivity contribution in [3.8, 4) is 0 Å². The van der Waals surface area contributed by atoms with Gasteiger partial charge in [-0.2, -0.15) is 0 Å². The molecule has 0 saturated heterocycles. The van der Waals surface area contributed by atoms with Crippen LogP contribution in [-0.2, 0) is 9.47 Å². The molecular weight excluding hydrogens is 184 g/mol. The van der Waals surface area contributed by atoms with Gasteiger partial charge < -0.3 is 9.47 Å². The van der Waals surface area contributed by atoms with Gasteiger partial charge in [-0.1, -0.05) is 30.0 Å². The van der Waals surface area contributed by atoms with Crippen molar-refractivity contribution in [1.82, 2.24) is 0 Å². The van der Waals surface area contributed by atoms with Crippen LogP contribution in [0.2, 0.25) is 0 Å². The molecule has 0 heterocycles. The summed E-state index contributed by atoms with van der Waals surface area (Å²) in [7, 11) is 1.64. The first kappa shape index (κ1) is 10.6. The molecule has 0 spiro atoms. The second-order valence-electron chi connectivity index (χ2n) is 2.55. The van der Waals surface area contributed by atoms with Crippen LogP contribution in [0, 0.1) is 0 Å². The summed E-state index contributed by atoms with van der Waals surface area (Å²) in [6, 6.07) is 10.2. The third-order valence-corrected chi connectivity index (χ3v) is 2.46. The summed E-state index contributed by atoms with van der Waals surface area (Å²) in [4.78, 5) is 1.21. The molecule has 0 aromatic heterocycles. The largest absolute Gasteiger partial charge is 0.356 e. The monoisotopic (exact) mass is 198 g/mol. The predicted molar refractivity (Wildman–Crippen MR) is 54.7 cm³/mol. The Balaban J connectivity index is 2.20. The van der Waals surface area contributed by atoms with E-state index in [9.17, 15) is 0 Å². The van der Waals surface area contributed by atoms with Gasteiger partial charge in [-0.05, 0) is 19.1 Å². The van der Waals surface area contributed by atoms with E-state index in [0.29, 0.717) is 5.94 Å². The van der Waals surface area contributed by atoms with Gasteiger partial charge in [-0.15, -0.1) is 0 Å². The quantitative estimate of drug-likeness (QED) is 0.535. The third kappa shape index (κ3) is 4.31. The fourth-order valence-electron chi connectivity index (χ4n) is 0.783. The van der Waals surface area contributed by atoms with E-state index in [-0.39, 0.29) is 6.29 Å². The van der Waals surface area contributed by atoms with Crippen LogP contribution in [0.4, 0.5) is 0 Å². The normalized spacial score (nSPS) is 12.8. The van der Waals surface area contributed by atoms with Gasteiger partial charge in [-0.25, -0.2) is 0 Å². The highest BCUT2D eigenvalue weighted by molar-refractivity contribution is 7.99. The summed E-state index contributed by atoms with van der Waals surface area (Å²) in [6.07, 6.45) is -0.129. The van der Waals surface area contributed by atoms with Gasteiger partial charge in [0.15, 0.2) is 6.29 Å². The average molecular weight is 198 g/mol. The van der Waals surface area contributed by atoms with Crippen molar-refractivity contribution in [2.24, 2.45) is 0 Å². The molecule has 0 aliphatic rings. The maximum atomic E-state index is 5.34. The van der Waals surface area contributed by atoms with Crippen molar-refractivity contribution >= 4 is 11.8 Å². The first-order valence-corrected chi connectivity index (χ1v) is 5.13. The summed E-state index contributed by atoms with van der Waals surface area (Å²) in [5.41, 5.74) is 0. The van der Waals surface area contributed by atoms with E-state index in [1.807, 2.05) is 25.1 Å². The van der Waals surface area contributed by atoms with E-state index in [1.54, 1.807) is 18.9 Å². The molecule has 1 aromatic carbocycles. The highest BCUT2D eigenvalue weighted by Crippen LogP contribution is 2.17. The second-order valence-corrected chi connectivity index (χ2v) is 3.54. The summed E-state index contributed by atoms with van der Waals surface area (Å²) in [5.74, 6) is 0.624. The van der Waals surface area contributed by atoms with Crippen molar-refractivity contribution in [2.75, 3.05) is 13.0 Å². The van der Waals surface area contributed by atoms with Crippen molar-refractivity contribution in [2.45, 2.75) is 18.1 Å². The lowest BCUT2D eigenvalue weighted by Crippen LogP contribution is -2.09. The minimum absolute atomic E-state index is 0.129. The fraction of sp³-hybridized carbons (Fsp3) is 0.400. The molecule has 13 heavy (non-hydrogen) atoms. The van der Waals surface area contributed by atoms with Gasteiger partial charge >= 0.3 is 0 Å². The Kier molecular flexibility index (Phi) is 4.90. The molecule has 1 rings (SSSR count). The Labute approximate surface area is 83.2 Å². The van der Waals surface area contributed by atoms with E-state index in [0.717, 1.165) is 0 Å². The zero-order chi connectivity index (χ0) is 9.52. The van der Waals surface area contributed by atoms with Crippen LogP contribution in [-0.4, -0.2) is 19.3 Å². The third-order valence-electron chi connectivity index (χ3n) is 1.60. The van der Waals surface area contributed by atoms with E-state index < -0.39 is 0 Å². The number of rotatable bonds is 5. The van der Waals surface area contributed by atoms with Crippen LogP contribution >= 0.6 is 11.8 Å². The van der Waals surface area contributed by atoms with E-state index in [4.69, 9.17) is 9.47 Å². The van der Waals surface area contributed by atoms with Crippen molar-refractivity contribution < 1.29 is 9.47 Å². The maximum absolute atomic E-state index is 5.34. The lowest BCUT2D eigenvalue weighted by Gasteiger charge is -2.09. The van der Waals surface area contributed by atoms with Gasteiger partial charge in [0.2, 0.25) is 0 Å². The Bertz CT molecular complexity index is 226. The maximum Gasteiger partial charge on any atom is 0.155 e. The molecule has 72 valence electrons. The molecule has 0 N–H and O–H groups in total. The first-order valence-electron chi connectivity index (χ1n) is 4.15. The number of benzene rings is 1. The van der Waals surface area contributed by atoms with Crippen LogP contribution in [0.1, 0.15) is 6.92 Å². The Hall–Kier alpha value is -0.510. The van der Waals surface area contributed by atoms with Crippen LogP contribution < -0.4 is 0 Å². The molecule has 3 heteroatoms. The molecule has 0 amide bonds. The van der Waals surface area contributed by atoms with Gasteiger partial charge in [-0.3, -0.25) is 0 Å². The van der Waals surface area contributed by atoms with E-state index >= 15 is 0 Å². The number of hydrogen-bond acceptors (Lipinski definition) is 3. The van der Waals surface area contributed by atoms with E-state index in [1.165, 1.54) is 4.90 Å². The molecule has 2 nitrogen and oxygen atoms in total. The van der Waals surface area contributed by atoms with Gasteiger partial charge in [0.25, 0.3) is 0 Å². The smallest absolute Gasteiger partial charge is 0.155 e. The summed E-state index contributed by atoms with van der Waals surface area (Å²) in [5, 5.41) is 0. The standard InChI is InChI=1S/C10H14O2S/c1-9(11-2)12-8-13-10-6-4-3-5-7-10/h3-7,9H,8H2,1-2H3. The molecule has 0 bridgehead atoms. The first-order chi connectivity index (χ1) is 6.33. The number of methoxy groups -OCH3 is 1. The SMILES string of the molecule is COC(C)OCSc1ccccc1. The fourth-order valence-corrected chi connectivity index (χ4v) is 1.53. The molecule has 0 saturated carbocycles. The average Bonchev–Trinajstić information content (AvgIpc) is 2.19. The lowest BCUT2D eigenvalue weighted by molar-refractivity contribution is -0.0937. The number of hydrogen-bond donors (Lipinski definition) is 0. The molecule has 1 atom stereocenters. The number of thioether (sulfide) groups is 1. The van der Waals surface area contributed by atoms with Gasteiger partial charge in [0.05, 0.1) is 5.94 Å². The summed E-state index contributed by atoms with van der Waals surface area (Å²) >= 11 is 1.66. The molecule has 1 aromatic rings. The zero-order valence-corrected chi connectivity index (χ0v) is 8.71. The molecule has 1 unspecified atom stereocenters. The van der Waals surface area contributed by atoms with Crippen LogP contribution in [0.25, 0.3) is 0 Å². The Morgan fingerprint density at radius 2 is 2.00 bits per heavy atom. The van der Waals surface area contributed by atoms with Crippen molar-refractivity contribution in [1.29, 1.82) is 0 Å². The van der Waals surface area contributed by atoms with Crippen LogP contribution in [0.3, 0.4) is 0 Å². The highest BCUT2D eigenvalue weighted by Gasteiger charge is 1.98. The van der Waals surface area contributed by atoms with Crippen LogP contribution in [0.5, 0.6) is 0 Å².